The van der Waals surface area contributed by atoms with Crippen molar-refractivity contribution < 1.29 is 14.7 Å². The Labute approximate surface area is 98.6 Å². The molecule has 1 aliphatic rings. The molecule has 17 heavy (non-hydrogen) atoms. The van der Waals surface area contributed by atoms with Gasteiger partial charge in [0.25, 0.3) is 0 Å². The van der Waals surface area contributed by atoms with Crippen molar-refractivity contribution in [3.05, 3.63) is 11.8 Å². The Hall–Kier alpha value is -1.85. The highest BCUT2D eigenvalue weighted by Crippen LogP contribution is 2.27. The summed E-state index contributed by atoms with van der Waals surface area (Å²) in [4.78, 5) is 22.4. The van der Waals surface area contributed by atoms with Gasteiger partial charge in [-0.05, 0) is 19.8 Å². The first-order valence-corrected chi connectivity index (χ1v) is 5.63. The summed E-state index contributed by atoms with van der Waals surface area (Å²) in [6.45, 7) is 1.52. The van der Waals surface area contributed by atoms with Gasteiger partial charge in [0.1, 0.15) is 12.4 Å². The lowest BCUT2D eigenvalue weighted by Crippen LogP contribution is -2.29. The third-order valence-corrected chi connectivity index (χ3v) is 2.91. The Morgan fingerprint density at radius 3 is 2.82 bits per heavy atom. The van der Waals surface area contributed by atoms with Crippen molar-refractivity contribution >= 4 is 17.7 Å². The molecule has 0 unspecified atom stereocenters. The average molecular weight is 237 g/mol. The van der Waals surface area contributed by atoms with Gasteiger partial charge in [-0.1, -0.05) is 6.42 Å². The molecule has 2 rings (SSSR count). The summed E-state index contributed by atoms with van der Waals surface area (Å²) in [6.07, 6.45) is 2.92. The molecule has 1 aliphatic carbocycles. The number of hydrogen-bond donors (Lipinski definition) is 2. The van der Waals surface area contributed by atoms with Crippen LogP contribution in [-0.4, -0.2) is 26.8 Å². The number of hydrogen-bond acceptors (Lipinski definition) is 3. The van der Waals surface area contributed by atoms with Gasteiger partial charge in [0.15, 0.2) is 0 Å². The number of carboxylic acid groups (broad SMARTS) is 1. The topological polar surface area (TPSA) is 84.2 Å². The van der Waals surface area contributed by atoms with E-state index >= 15 is 0 Å². The van der Waals surface area contributed by atoms with Crippen molar-refractivity contribution in [2.45, 2.75) is 32.7 Å². The zero-order chi connectivity index (χ0) is 12.4. The van der Waals surface area contributed by atoms with Crippen LogP contribution < -0.4 is 5.32 Å². The molecule has 0 aromatic carbocycles. The van der Waals surface area contributed by atoms with Crippen molar-refractivity contribution in [2.24, 2.45) is 5.92 Å². The Morgan fingerprint density at radius 2 is 2.29 bits per heavy atom. The molecule has 0 aliphatic heterocycles. The largest absolute Gasteiger partial charge is 0.480 e. The van der Waals surface area contributed by atoms with E-state index in [-0.39, 0.29) is 18.4 Å². The number of anilines is 1. The van der Waals surface area contributed by atoms with Crippen LogP contribution in [0, 0.1) is 12.8 Å². The molecule has 0 saturated heterocycles. The number of aliphatic carboxylic acids is 1. The van der Waals surface area contributed by atoms with Gasteiger partial charge in [-0.2, -0.15) is 5.10 Å². The third-order valence-electron chi connectivity index (χ3n) is 2.91. The molecule has 2 N–H and O–H groups in total. The van der Waals surface area contributed by atoms with Crippen LogP contribution in [0.1, 0.15) is 25.0 Å². The first-order chi connectivity index (χ1) is 8.06. The van der Waals surface area contributed by atoms with Gasteiger partial charge < -0.3 is 10.4 Å². The Morgan fingerprint density at radius 1 is 1.59 bits per heavy atom. The molecular formula is C11H15N3O3. The lowest BCUT2D eigenvalue weighted by Gasteiger charge is -2.23. The molecule has 0 bridgehead atoms. The van der Waals surface area contributed by atoms with E-state index in [1.165, 1.54) is 4.68 Å². The molecule has 1 saturated carbocycles. The molecule has 0 atom stereocenters. The van der Waals surface area contributed by atoms with E-state index in [1.807, 2.05) is 0 Å². The Bertz CT molecular complexity index is 449. The van der Waals surface area contributed by atoms with Crippen LogP contribution in [-0.2, 0) is 16.1 Å². The van der Waals surface area contributed by atoms with Gasteiger partial charge >= 0.3 is 5.97 Å². The summed E-state index contributed by atoms with van der Waals surface area (Å²) in [5, 5.41) is 15.5. The molecule has 0 spiro atoms. The number of aryl methyl sites for hydroxylation is 1. The molecule has 1 heterocycles. The van der Waals surface area contributed by atoms with Crippen LogP contribution in [0.2, 0.25) is 0 Å². The molecule has 1 amide bonds. The molecule has 0 radical (unpaired) electrons. The van der Waals surface area contributed by atoms with E-state index in [9.17, 15) is 9.59 Å². The smallest absolute Gasteiger partial charge is 0.325 e. The fourth-order valence-electron chi connectivity index (χ4n) is 1.79. The summed E-state index contributed by atoms with van der Waals surface area (Å²) in [5.41, 5.74) is 0.690. The van der Waals surface area contributed by atoms with Crippen LogP contribution in [0.15, 0.2) is 6.07 Å². The van der Waals surface area contributed by atoms with Gasteiger partial charge in [0.05, 0.1) is 5.69 Å². The van der Waals surface area contributed by atoms with E-state index in [4.69, 9.17) is 5.11 Å². The van der Waals surface area contributed by atoms with Gasteiger partial charge in [0.2, 0.25) is 5.91 Å². The number of carbonyl (C=O) groups is 2. The van der Waals surface area contributed by atoms with Crippen LogP contribution >= 0.6 is 0 Å². The zero-order valence-electron chi connectivity index (χ0n) is 9.64. The van der Waals surface area contributed by atoms with Gasteiger partial charge in [-0.25, -0.2) is 4.68 Å². The first-order valence-electron chi connectivity index (χ1n) is 5.63. The lowest BCUT2D eigenvalue weighted by atomic mass is 9.85. The fourth-order valence-corrected chi connectivity index (χ4v) is 1.79. The Balaban J connectivity index is 2.08. The number of carbonyl (C=O) groups excluding carboxylic acids is 1. The van der Waals surface area contributed by atoms with Crippen molar-refractivity contribution in [3.8, 4) is 0 Å². The third kappa shape index (κ3) is 2.64. The normalized spacial score (nSPS) is 15.4. The van der Waals surface area contributed by atoms with E-state index in [0.29, 0.717) is 11.5 Å². The highest BCUT2D eigenvalue weighted by molar-refractivity contribution is 5.92. The minimum Gasteiger partial charge on any atom is -0.480 e. The van der Waals surface area contributed by atoms with E-state index in [0.717, 1.165) is 19.3 Å². The number of nitrogens with one attached hydrogen (secondary N) is 1. The summed E-state index contributed by atoms with van der Waals surface area (Å²) < 4.78 is 1.30. The van der Waals surface area contributed by atoms with Gasteiger partial charge in [-0.3, -0.25) is 9.59 Å². The summed E-state index contributed by atoms with van der Waals surface area (Å²) in [5.74, 6) is -0.486. The highest BCUT2D eigenvalue weighted by Gasteiger charge is 2.26. The van der Waals surface area contributed by atoms with Gasteiger partial charge in [-0.15, -0.1) is 0 Å². The molecule has 6 nitrogen and oxygen atoms in total. The van der Waals surface area contributed by atoms with Crippen molar-refractivity contribution in [2.75, 3.05) is 5.32 Å². The van der Waals surface area contributed by atoms with Crippen LogP contribution in [0.4, 0.5) is 5.82 Å². The van der Waals surface area contributed by atoms with E-state index in [2.05, 4.69) is 10.4 Å². The Kier molecular flexibility index (Phi) is 3.12. The maximum atomic E-state index is 11.7. The van der Waals surface area contributed by atoms with Crippen LogP contribution in [0.5, 0.6) is 0 Å². The summed E-state index contributed by atoms with van der Waals surface area (Å²) in [6, 6.07) is 1.68. The minimum absolute atomic E-state index is 0.0391. The van der Waals surface area contributed by atoms with Crippen molar-refractivity contribution in [3.63, 3.8) is 0 Å². The number of amides is 1. The zero-order valence-corrected chi connectivity index (χ0v) is 9.64. The van der Waals surface area contributed by atoms with E-state index < -0.39 is 5.97 Å². The van der Waals surface area contributed by atoms with E-state index in [1.54, 1.807) is 13.0 Å². The fraction of sp³-hybridized carbons (Fsp3) is 0.545. The highest BCUT2D eigenvalue weighted by atomic mass is 16.4. The maximum absolute atomic E-state index is 11.7. The van der Waals surface area contributed by atoms with Crippen molar-refractivity contribution in [1.82, 2.24) is 9.78 Å². The summed E-state index contributed by atoms with van der Waals surface area (Å²) in [7, 11) is 0. The predicted molar refractivity (Wildman–Crippen MR) is 60.6 cm³/mol. The monoisotopic (exact) mass is 237 g/mol. The summed E-state index contributed by atoms with van der Waals surface area (Å²) >= 11 is 0. The molecule has 1 aromatic heterocycles. The lowest BCUT2D eigenvalue weighted by molar-refractivity contribution is -0.138. The minimum atomic E-state index is -0.979. The quantitative estimate of drug-likeness (QED) is 0.818. The van der Waals surface area contributed by atoms with Crippen LogP contribution in [0.25, 0.3) is 0 Å². The molecule has 1 aromatic rings. The second-order valence-electron chi connectivity index (χ2n) is 4.34. The second kappa shape index (κ2) is 4.57. The van der Waals surface area contributed by atoms with Gasteiger partial charge in [0, 0.05) is 12.0 Å². The molecular weight excluding hydrogens is 222 g/mol. The van der Waals surface area contributed by atoms with Crippen LogP contribution in [0.3, 0.4) is 0 Å². The maximum Gasteiger partial charge on any atom is 0.325 e. The number of rotatable bonds is 4. The number of nitrogens with zero attached hydrogens (tertiary/aromatic N) is 2. The predicted octanol–water partition coefficient (Wildman–Crippen LogP) is 1.01. The number of carboxylic acids is 1. The SMILES string of the molecule is Cc1cc(NC(=O)C2CCC2)n(CC(=O)O)n1. The standard InChI is InChI=1S/C11H15N3O3/c1-7-5-9(14(13-7)6-10(15)16)12-11(17)8-3-2-4-8/h5,8H,2-4,6H2,1H3,(H,12,17)(H,15,16). The number of aromatic nitrogens is 2. The molecule has 92 valence electrons. The second-order valence-corrected chi connectivity index (χ2v) is 4.34. The first kappa shape index (κ1) is 11.6. The van der Waals surface area contributed by atoms with Crippen molar-refractivity contribution in [1.29, 1.82) is 0 Å². The molecule has 6 heteroatoms. The average Bonchev–Trinajstić information content (AvgIpc) is 2.41. The molecule has 1 fully saturated rings.